The van der Waals surface area contributed by atoms with Gasteiger partial charge in [-0.3, -0.25) is 14.3 Å². The number of carbonyl (C=O) groups is 2. The summed E-state index contributed by atoms with van der Waals surface area (Å²) >= 11 is 0. The van der Waals surface area contributed by atoms with Crippen molar-refractivity contribution in [2.45, 2.75) is 26.9 Å². The first-order valence-corrected chi connectivity index (χ1v) is 10.2. The molecule has 31 heavy (non-hydrogen) atoms. The molecule has 2 amide bonds. The molecular weight excluding hydrogens is 396 g/mol. The van der Waals surface area contributed by atoms with Crippen molar-refractivity contribution in [3.63, 3.8) is 0 Å². The molecule has 1 saturated heterocycles. The molecule has 1 fully saturated rings. The Morgan fingerprint density at radius 3 is 2.68 bits per heavy atom. The molecule has 0 spiro atoms. The van der Waals surface area contributed by atoms with E-state index in [1.807, 2.05) is 56.8 Å². The first-order valence-electron chi connectivity index (χ1n) is 10.2. The van der Waals surface area contributed by atoms with Crippen molar-refractivity contribution in [2.24, 2.45) is 7.05 Å². The van der Waals surface area contributed by atoms with Crippen LogP contribution >= 0.6 is 0 Å². The van der Waals surface area contributed by atoms with Crippen LogP contribution in [-0.2, 0) is 16.6 Å². The van der Waals surface area contributed by atoms with Gasteiger partial charge >= 0.3 is 0 Å². The first kappa shape index (κ1) is 20.8. The number of aromatic nitrogens is 4. The maximum absolute atomic E-state index is 13.2. The third kappa shape index (κ3) is 4.22. The summed E-state index contributed by atoms with van der Waals surface area (Å²) in [5.74, 6) is -0.424. The summed E-state index contributed by atoms with van der Waals surface area (Å²) in [6.45, 7) is 6.70. The Bertz CT molecular complexity index is 1130. The largest absolute Gasteiger partial charge is 0.365 e. The predicted octanol–water partition coefficient (Wildman–Crippen LogP) is 2.01. The SMILES string of the molecule is Cc1cc(C)n(-c2cccc(C(=O)N3CCOC(C(=O)Nc4cnn(C)c4C)C3)c2)n1. The highest BCUT2D eigenvalue weighted by atomic mass is 16.5. The molecule has 1 aliphatic heterocycles. The zero-order chi connectivity index (χ0) is 22.1. The topological polar surface area (TPSA) is 94.3 Å². The van der Waals surface area contributed by atoms with Crippen LogP contribution in [0, 0.1) is 20.8 Å². The summed E-state index contributed by atoms with van der Waals surface area (Å²) in [6, 6.07) is 9.35. The summed E-state index contributed by atoms with van der Waals surface area (Å²) in [5.41, 5.74) is 4.77. The van der Waals surface area contributed by atoms with Gasteiger partial charge in [-0.2, -0.15) is 10.2 Å². The first-order chi connectivity index (χ1) is 14.8. The number of morpholine rings is 1. The van der Waals surface area contributed by atoms with Gasteiger partial charge < -0.3 is 15.0 Å². The van der Waals surface area contributed by atoms with Crippen LogP contribution < -0.4 is 5.32 Å². The summed E-state index contributed by atoms with van der Waals surface area (Å²) < 4.78 is 9.14. The fourth-order valence-electron chi connectivity index (χ4n) is 3.67. The third-order valence-corrected chi connectivity index (χ3v) is 5.49. The number of amides is 2. The van der Waals surface area contributed by atoms with E-state index in [1.54, 1.807) is 21.8 Å². The van der Waals surface area contributed by atoms with Crippen molar-refractivity contribution in [2.75, 3.05) is 25.0 Å². The molecule has 2 aromatic heterocycles. The Balaban J connectivity index is 1.47. The Morgan fingerprint density at radius 1 is 1.19 bits per heavy atom. The molecule has 1 aliphatic rings. The lowest BCUT2D eigenvalue weighted by Crippen LogP contribution is -2.50. The number of nitrogens with zero attached hydrogens (tertiary/aromatic N) is 5. The van der Waals surface area contributed by atoms with Crippen LogP contribution in [0.15, 0.2) is 36.5 Å². The standard InChI is InChI=1S/C22H26N6O3/c1-14-10-15(2)28(25-14)18-7-5-6-17(11-18)22(30)27-8-9-31-20(13-27)21(29)24-19-12-23-26(4)16(19)3/h5-7,10-12,20H,8-9,13H2,1-4H3,(H,24,29). The fraction of sp³-hybridized carbons (Fsp3) is 0.364. The minimum absolute atomic E-state index is 0.137. The van der Waals surface area contributed by atoms with Crippen molar-refractivity contribution in [3.05, 3.63) is 59.2 Å². The second-order valence-electron chi connectivity index (χ2n) is 7.76. The van der Waals surface area contributed by atoms with Gasteiger partial charge in [0.2, 0.25) is 0 Å². The van der Waals surface area contributed by atoms with E-state index in [9.17, 15) is 9.59 Å². The lowest BCUT2D eigenvalue weighted by atomic mass is 10.1. The Kier molecular flexibility index (Phi) is 5.60. The van der Waals surface area contributed by atoms with Gasteiger partial charge in [0.15, 0.2) is 6.10 Å². The van der Waals surface area contributed by atoms with Crippen LogP contribution in [0.4, 0.5) is 5.69 Å². The number of carbonyl (C=O) groups excluding carboxylic acids is 2. The number of nitrogens with one attached hydrogen (secondary N) is 1. The molecule has 0 saturated carbocycles. The van der Waals surface area contributed by atoms with E-state index in [4.69, 9.17) is 4.74 Å². The quantitative estimate of drug-likeness (QED) is 0.694. The molecule has 9 nitrogen and oxygen atoms in total. The van der Waals surface area contributed by atoms with E-state index >= 15 is 0 Å². The summed E-state index contributed by atoms with van der Waals surface area (Å²) in [6.07, 6.45) is 0.861. The zero-order valence-electron chi connectivity index (χ0n) is 18.1. The highest BCUT2D eigenvalue weighted by molar-refractivity contribution is 5.97. The number of ether oxygens (including phenoxy) is 1. The normalized spacial score (nSPS) is 16.4. The average Bonchev–Trinajstić information content (AvgIpc) is 3.28. The van der Waals surface area contributed by atoms with Gasteiger partial charge in [-0.25, -0.2) is 4.68 Å². The zero-order valence-corrected chi connectivity index (χ0v) is 18.1. The average molecular weight is 422 g/mol. The lowest BCUT2D eigenvalue weighted by Gasteiger charge is -2.32. The van der Waals surface area contributed by atoms with Crippen LogP contribution in [0.2, 0.25) is 0 Å². The van der Waals surface area contributed by atoms with E-state index in [2.05, 4.69) is 15.5 Å². The second kappa shape index (κ2) is 8.35. The number of benzene rings is 1. The molecule has 0 radical (unpaired) electrons. The minimum Gasteiger partial charge on any atom is -0.365 e. The maximum atomic E-state index is 13.2. The lowest BCUT2D eigenvalue weighted by molar-refractivity contribution is -0.131. The second-order valence-corrected chi connectivity index (χ2v) is 7.76. The number of hydrogen-bond acceptors (Lipinski definition) is 5. The van der Waals surface area contributed by atoms with Crippen molar-refractivity contribution in [1.29, 1.82) is 0 Å². The fourth-order valence-corrected chi connectivity index (χ4v) is 3.67. The Labute approximate surface area is 180 Å². The molecule has 0 aliphatic carbocycles. The molecule has 9 heteroatoms. The molecule has 1 N–H and O–H groups in total. The molecule has 162 valence electrons. The number of aryl methyl sites for hydroxylation is 3. The Hall–Kier alpha value is -3.46. The van der Waals surface area contributed by atoms with Gasteiger partial charge in [0.05, 0.1) is 42.1 Å². The molecule has 3 heterocycles. The predicted molar refractivity (Wildman–Crippen MR) is 115 cm³/mol. The van der Waals surface area contributed by atoms with Crippen LogP contribution in [0.1, 0.15) is 27.4 Å². The van der Waals surface area contributed by atoms with Gasteiger partial charge in [0, 0.05) is 24.8 Å². The van der Waals surface area contributed by atoms with E-state index in [1.165, 1.54) is 0 Å². The number of hydrogen-bond donors (Lipinski definition) is 1. The van der Waals surface area contributed by atoms with Crippen LogP contribution in [0.3, 0.4) is 0 Å². The molecule has 3 aromatic rings. The van der Waals surface area contributed by atoms with Crippen molar-refractivity contribution in [3.8, 4) is 5.69 Å². The molecule has 4 rings (SSSR count). The highest BCUT2D eigenvalue weighted by Gasteiger charge is 2.30. The minimum atomic E-state index is -0.739. The van der Waals surface area contributed by atoms with Crippen molar-refractivity contribution >= 4 is 17.5 Å². The van der Waals surface area contributed by atoms with E-state index in [0.29, 0.717) is 24.4 Å². The van der Waals surface area contributed by atoms with Crippen LogP contribution in [-0.4, -0.2) is 62.1 Å². The summed E-state index contributed by atoms with van der Waals surface area (Å²) in [5, 5.41) is 11.5. The molecule has 0 bridgehead atoms. The van der Waals surface area contributed by atoms with E-state index in [0.717, 1.165) is 22.8 Å². The molecule has 1 atom stereocenters. The summed E-state index contributed by atoms with van der Waals surface area (Å²) in [7, 11) is 1.81. The monoisotopic (exact) mass is 422 g/mol. The Morgan fingerprint density at radius 2 is 2.00 bits per heavy atom. The van der Waals surface area contributed by atoms with Gasteiger partial charge in [-0.1, -0.05) is 6.07 Å². The van der Waals surface area contributed by atoms with Crippen LogP contribution in [0.5, 0.6) is 0 Å². The smallest absolute Gasteiger partial charge is 0.255 e. The number of anilines is 1. The third-order valence-electron chi connectivity index (χ3n) is 5.49. The summed E-state index contributed by atoms with van der Waals surface area (Å²) in [4.78, 5) is 27.5. The number of rotatable bonds is 4. The van der Waals surface area contributed by atoms with E-state index in [-0.39, 0.29) is 18.4 Å². The van der Waals surface area contributed by atoms with Gasteiger partial charge in [-0.05, 0) is 45.0 Å². The van der Waals surface area contributed by atoms with Gasteiger partial charge in [0.25, 0.3) is 11.8 Å². The van der Waals surface area contributed by atoms with Crippen LogP contribution in [0.25, 0.3) is 5.69 Å². The van der Waals surface area contributed by atoms with Gasteiger partial charge in [-0.15, -0.1) is 0 Å². The van der Waals surface area contributed by atoms with Crippen molar-refractivity contribution in [1.82, 2.24) is 24.5 Å². The van der Waals surface area contributed by atoms with Crippen molar-refractivity contribution < 1.29 is 14.3 Å². The molecule has 1 aromatic carbocycles. The highest BCUT2D eigenvalue weighted by Crippen LogP contribution is 2.18. The van der Waals surface area contributed by atoms with Gasteiger partial charge in [0.1, 0.15) is 0 Å². The van der Waals surface area contributed by atoms with E-state index < -0.39 is 6.10 Å². The maximum Gasteiger partial charge on any atom is 0.255 e. The molecular formula is C22H26N6O3. The molecule has 1 unspecified atom stereocenters.